The standard InChI is InChI=1S/C12H11N3O3/c16-11(15-5-8(6-15)12(17)18)9-7-14-4-2-1-3-10(14)13-9/h1-4,7-8H,5-6H2,(H,17,18). The predicted molar refractivity (Wildman–Crippen MR) is 62.2 cm³/mol. The Labute approximate surface area is 102 Å². The number of aliphatic carboxylic acids is 1. The number of nitrogens with zero attached hydrogens (tertiary/aromatic N) is 3. The van der Waals surface area contributed by atoms with Crippen LogP contribution in [0.2, 0.25) is 0 Å². The van der Waals surface area contributed by atoms with Gasteiger partial charge in [0, 0.05) is 25.5 Å². The van der Waals surface area contributed by atoms with Gasteiger partial charge in [0.1, 0.15) is 11.3 Å². The average molecular weight is 245 g/mol. The average Bonchev–Trinajstić information content (AvgIpc) is 2.69. The molecule has 0 radical (unpaired) electrons. The highest BCUT2D eigenvalue weighted by molar-refractivity contribution is 5.94. The van der Waals surface area contributed by atoms with E-state index >= 15 is 0 Å². The van der Waals surface area contributed by atoms with Gasteiger partial charge in [0.15, 0.2) is 0 Å². The second-order valence-corrected chi connectivity index (χ2v) is 4.34. The van der Waals surface area contributed by atoms with E-state index in [9.17, 15) is 9.59 Å². The number of pyridine rings is 1. The Balaban J connectivity index is 1.79. The first-order chi connectivity index (χ1) is 8.65. The molecule has 2 aromatic heterocycles. The van der Waals surface area contributed by atoms with E-state index < -0.39 is 11.9 Å². The largest absolute Gasteiger partial charge is 0.481 e. The summed E-state index contributed by atoms with van der Waals surface area (Å²) >= 11 is 0. The van der Waals surface area contributed by atoms with Crippen LogP contribution in [0, 0.1) is 5.92 Å². The topological polar surface area (TPSA) is 74.9 Å². The molecule has 0 bridgehead atoms. The lowest BCUT2D eigenvalue weighted by Crippen LogP contribution is -2.53. The molecule has 1 fully saturated rings. The van der Waals surface area contributed by atoms with E-state index in [2.05, 4.69) is 4.98 Å². The molecule has 3 heterocycles. The van der Waals surface area contributed by atoms with E-state index in [0.717, 1.165) is 0 Å². The van der Waals surface area contributed by atoms with Crippen LogP contribution >= 0.6 is 0 Å². The summed E-state index contributed by atoms with van der Waals surface area (Å²) in [4.78, 5) is 28.4. The Kier molecular flexibility index (Phi) is 2.29. The highest BCUT2D eigenvalue weighted by Gasteiger charge is 2.36. The van der Waals surface area contributed by atoms with E-state index in [4.69, 9.17) is 5.11 Å². The van der Waals surface area contributed by atoms with E-state index in [-0.39, 0.29) is 19.0 Å². The summed E-state index contributed by atoms with van der Waals surface area (Å²) < 4.78 is 1.77. The van der Waals surface area contributed by atoms with Crippen molar-refractivity contribution < 1.29 is 14.7 Å². The molecule has 2 aromatic rings. The van der Waals surface area contributed by atoms with Crippen molar-refractivity contribution in [3.63, 3.8) is 0 Å². The van der Waals surface area contributed by atoms with Gasteiger partial charge in [0.2, 0.25) is 0 Å². The fourth-order valence-corrected chi connectivity index (χ4v) is 2.00. The maximum atomic E-state index is 12.0. The van der Waals surface area contributed by atoms with Crippen LogP contribution in [0.3, 0.4) is 0 Å². The smallest absolute Gasteiger partial charge is 0.310 e. The minimum Gasteiger partial charge on any atom is -0.481 e. The Morgan fingerprint density at radius 2 is 2.11 bits per heavy atom. The van der Waals surface area contributed by atoms with Crippen LogP contribution in [0.1, 0.15) is 10.5 Å². The molecule has 0 saturated carbocycles. The molecule has 3 rings (SSSR count). The molecule has 18 heavy (non-hydrogen) atoms. The van der Waals surface area contributed by atoms with Gasteiger partial charge >= 0.3 is 5.97 Å². The molecule has 1 saturated heterocycles. The van der Waals surface area contributed by atoms with Gasteiger partial charge in [-0.3, -0.25) is 9.59 Å². The fraction of sp³-hybridized carbons (Fsp3) is 0.250. The van der Waals surface area contributed by atoms with Crippen LogP contribution in [0.4, 0.5) is 0 Å². The summed E-state index contributed by atoms with van der Waals surface area (Å²) in [5, 5.41) is 8.76. The summed E-state index contributed by atoms with van der Waals surface area (Å²) in [5.41, 5.74) is 1.06. The molecular weight excluding hydrogens is 234 g/mol. The van der Waals surface area contributed by atoms with Crippen molar-refractivity contribution in [1.82, 2.24) is 14.3 Å². The predicted octanol–water partition coefficient (Wildman–Crippen LogP) is 0.491. The Morgan fingerprint density at radius 3 is 2.78 bits per heavy atom. The maximum absolute atomic E-state index is 12.0. The number of fused-ring (bicyclic) bond motifs is 1. The Hall–Kier alpha value is -2.37. The lowest BCUT2D eigenvalue weighted by Gasteiger charge is -2.36. The number of rotatable bonds is 2. The number of aromatic nitrogens is 2. The molecular formula is C12H11N3O3. The van der Waals surface area contributed by atoms with Crippen LogP contribution in [-0.4, -0.2) is 44.4 Å². The quantitative estimate of drug-likeness (QED) is 0.835. The van der Waals surface area contributed by atoms with E-state index in [1.807, 2.05) is 24.4 Å². The first kappa shape index (κ1) is 10.8. The van der Waals surface area contributed by atoms with Gasteiger partial charge in [-0.2, -0.15) is 0 Å². The summed E-state index contributed by atoms with van der Waals surface area (Å²) in [6, 6.07) is 5.51. The van der Waals surface area contributed by atoms with Gasteiger partial charge in [0.05, 0.1) is 5.92 Å². The number of likely N-dealkylation sites (tertiary alicyclic amines) is 1. The van der Waals surface area contributed by atoms with Gasteiger partial charge < -0.3 is 14.4 Å². The minimum atomic E-state index is -0.853. The monoisotopic (exact) mass is 245 g/mol. The summed E-state index contributed by atoms with van der Waals surface area (Å²) in [6.07, 6.45) is 3.47. The number of carbonyl (C=O) groups excluding carboxylic acids is 1. The number of carboxylic acids is 1. The van der Waals surface area contributed by atoms with Crippen molar-refractivity contribution in [2.75, 3.05) is 13.1 Å². The second kappa shape index (κ2) is 3.83. The molecule has 0 aromatic carbocycles. The maximum Gasteiger partial charge on any atom is 0.310 e. The van der Waals surface area contributed by atoms with Crippen LogP contribution in [0.5, 0.6) is 0 Å². The third-order valence-corrected chi connectivity index (χ3v) is 3.10. The summed E-state index contributed by atoms with van der Waals surface area (Å²) in [6.45, 7) is 0.532. The number of hydrogen-bond acceptors (Lipinski definition) is 3. The third-order valence-electron chi connectivity index (χ3n) is 3.10. The Morgan fingerprint density at radius 1 is 1.33 bits per heavy atom. The zero-order valence-corrected chi connectivity index (χ0v) is 9.48. The van der Waals surface area contributed by atoms with Crippen molar-refractivity contribution >= 4 is 17.5 Å². The van der Waals surface area contributed by atoms with E-state index in [1.165, 1.54) is 4.90 Å². The molecule has 1 aliphatic heterocycles. The fourth-order valence-electron chi connectivity index (χ4n) is 2.00. The Bertz CT molecular complexity index is 595. The molecule has 1 N–H and O–H groups in total. The molecule has 6 nitrogen and oxygen atoms in total. The van der Waals surface area contributed by atoms with Crippen molar-refractivity contribution in [1.29, 1.82) is 0 Å². The van der Waals surface area contributed by atoms with Crippen LogP contribution < -0.4 is 0 Å². The third kappa shape index (κ3) is 1.62. The highest BCUT2D eigenvalue weighted by Crippen LogP contribution is 2.18. The highest BCUT2D eigenvalue weighted by atomic mass is 16.4. The minimum absolute atomic E-state index is 0.212. The van der Waals surface area contributed by atoms with Gasteiger partial charge in [0.25, 0.3) is 5.91 Å². The number of amides is 1. The number of carbonyl (C=O) groups is 2. The zero-order chi connectivity index (χ0) is 12.7. The summed E-state index contributed by atoms with van der Waals surface area (Å²) in [5.74, 6) is -1.50. The first-order valence-electron chi connectivity index (χ1n) is 5.61. The van der Waals surface area contributed by atoms with E-state index in [1.54, 1.807) is 10.6 Å². The molecule has 6 heteroatoms. The van der Waals surface area contributed by atoms with Gasteiger partial charge in [-0.25, -0.2) is 4.98 Å². The molecule has 1 aliphatic rings. The number of imidazole rings is 1. The second-order valence-electron chi connectivity index (χ2n) is 4.34. The van der Waals surface area contributed by atoms with Gasteiger partial charge in [-0.15, -0.1) is 0 Å². The van der Waals surface area contributed by atoms with Crippen LogP contribution in [0.15, 0.2) is 30.6 Å². The lowest BCUT2D eigenvalue weighted by atomic mass is 10.0. The van der Waals surface area contributed by atoms with Crippen molar-refractivity contribution in [3.05, 3.63) is 36.3 Å². The molecule has 1 amide bonds. The van der Waals surface area contributed by atoms with Crippen molar-refractivity contribution in [2.45, 2.75) is 0 Å². The van der Waals surface area contributed by atoms with Crippen LogP contribution in [-0.2, 0) is 4.79 Å². The first-order valence-corrected chi connectivity index (χ1v) is 5.61. The van der Waals surface area contributed by atoms with E-state index in [0.29, 0.717) is 11.3 Å². The van der Waals surface area contributed by atoms with Crippen molar-refractivity contribution in [2.24, 2.45) is 5.92 Å². The zero-order valence-electron chi connectivity index (χ0n) is 9.48. The molecule has 0 atom stereocenters. The lowest BCUT2D eigenvalue weighted by molar-refractivity contribution is -0.146. The molecule has 0 unspecified atom stereocenters. The number of carboxylic acid groups (broad SMARTS) is 1. The SMILES string of the molecule is O=C(O)C1CN(C(=O)c2cn3ccccc3n2)C1. The summed E-state index contributed by atoms with van der Waals surface area (Å²) in [7, 11) is 0. The molecule has 0 spiro atoms. The molecule has 0 aliphatic carbocycles. The normalized spacial score (nSPS) is 15.7. The van der Waals surface area contributed by atoms with Crippen LogP contribution in [0.25, 0.3) is 5.65 Å². The number of hydrogen-bond donors (Lipinski definition) is 1. The molecule has 92 valence electrons. The van der Waals surface area contributed by atoms with Crippen molar-refractivity contribution in [3.8, 4) is 0 Å². The van der Waals surface area contributed by atoms with Gasteiger partial charge in [-0.05, 0) is 12.1 Å². The van der Waals surface area contributed by atoms with Gasteiger partial charge in [-0.1, -0.05) is 6.07 Å².